The smallest absolute Gasteiger partial charge is 1.00 e. The van der Waals surface area contributed by atoms with E-state index in [0.29, 0.717) is 0 Å². The average Bonchev–Trinajstić information content (AvgIpc) is 1.37. The molecule has 0 fully saturated rings. The van der Waals surface area contributed by atoms with Crippen LogP contribution in [0.15, 0.2) is 0 Å². The summed E-state index contributed by atoms with van der Waals surface area (Å²) in [6.45, 7) is 4.36. The maximum absolute atomic E-state index is 2.18. The third-order valence-electron chi connectivity index (χ3n) is 0.500. The molecule has 0 aromatic rings. The maximum Gasteiger partial charge on any atom is 2.00 e. The van der Waals surface area contributed by atoms with E-state index < -0.39 is 0 Å². The molecule has 4 heteroatoms. The number of hydrogen-bond donors (Lipinski definition) is 0. The van der Waals surface area contributed by atoms with Crippen LogP contribution in [-0.4, -0.2) is 46.1 Å². The van der Waals surface area contributed by atoms with E-state index >= 15 is 0 Å². The summed E-state index contributed by atoms with van der Waals surface area (Å²) < 4.78 is 0. The minimum Gasteiger partial charge on any atom is -1.00 e. The van der Waals surface area contributed by atoms with Gasteiger partial charge in [0.15, 0.2) is 0 Å². The van der Waals surface area contributed by atoms with E-state index in [0.717, 1.165) is 0 Å². The van der Waals surface area contributed by atoms with Gasteiger partial charge in [-0.1, -0.05) is 26.7 Å². The normalized spacial score (nSPS) is 3.75. The van der Waals surface area contributed by atoms with Crippen LogP contribution in [0.2, 0.25) is 0 Å². The molecule has 0 bridgehead atoms. The van der Waals surface area contributed by atoms with Gasteiger partial charge in [0.1, 0.15) is 0 Å². The Kier molecular flexibility index (Phi) is 133. The summed E-state index contributed by atoms with van der Waals surface area (Å²) in [7, 11) is 0. The summed E-state index contributed by atoms with van der Waals surface area (Å²) in [5.41, 5.74) is 0. The summed E-state index contributed by atoms with van der Waals surface area (Å²) in [5, 5.41) is 0. The van der Waals surface area contributed by atoms with Crippen molar-refractivity contribution < 1.29 is 36.8 Å². The van der Waals surface area contributed by atoms with Gasteiger partial charge in [-0.05, 0) is 0 Å². The molecule has 0 heterocycles. The molecule has 0 aliphatic rings. The van der Waals surface area contributed by atoms with Gasteiger partial charge in [0.05, 0.1) is 0 Å². The van der Waals surface area contributed by atoms with Crippen molar-refractivity contribution in [2.45, 2.75) is 26.7 Å². The van der Waals surface area contributed by atoms with E-state index in [1.807, 2.05) is 0 Å². The third kappa shape index (κ3) is 39.1. The Morgan fingerprint density at radius 2 is 1.00 bits per heavy atom. The molecular weight excluding hydrogens is 256 g/mol. The van der Waals surface area contributed by atoms with Crippen LogP contribution < -0.4 is 34.0 Å². The van der Waals surface area contributed by atoms with Gasteiger partial charge in [0.25, 0.3) is 0 Å². The second-order valence-corrected chi connectivity index (χ2v) is 1.000. The van der Waals surface area contributed by atoms with E-state index in [9.17, 15) is 0 Å². The zero-order valence-corrected chi connectivity index (χ0v) is 11.6. The quantitative estimate of drug-likeness (QED) is 0.419. The van der Waals surface area contributed by atoms with Crippen molar-refractivity contribution in [3.63, 3.8) is 0 Å². The summed E-state index contributed by atoms with van der Waals surface area (Å²) in [4.78, 5) is 0. The van der Waals surface area contributed by atoms with Crippen LogP contribution in [0.5, 0.6) is 0 Å². The van der Waals surface area contributed by atoms with Gasteiger partial charge in [0, 0.05) is 0 Å². The van der Waals surface area contributed by atoms with Crippen LogP contribution >= 0.6 is 0 Å². The van der Waals surface area contributed by atoms with Gasteiger partial charge in [-0.3, -0.25) is 0 Å². The number of unbranched alkanes of at least 4 members (excludes halogenated alkanes) is 1. The SMILES string of the molecule is CCCC.[Br-].[Br-].[H-].[H-].[Mg+2].[Mg+2]. The third-order valence-corrected chi connectivity index (χ3v) is 0.500. The molecule has 0 aliphatic carbocycles. The van der Waals surface area contributed by atoms with Crippen LogP contribution in [0, 0.1) is 0 Å². The minimum atomic E-state index is 0. The zero-order chi connectivity index (χ0) is 3.41. The Hall–Kier alpha value is 2.49. The monoisotopic (exact) mass is 266 g/mol. The largest absolute Gasteiger partial charge is 2.00 e. The van der Waals surface area contributed by atoms with Crippen molar-refractivity contribution in [1.82, 2.24) is 0 Å². The van der Waals surface area contributed by atoms with Crippen LogP contribution in [0.25, 0.3) is 0 Å². The van der Waals surface area contributed by atoms with E-state index in [4.69, 9.17) is 0 Å². The van der Waals surface area contributed by atoms with Crippen LogP contribution in [0.4, 0.5) is 0 Å². The molecule has 0 radical (unpaired) electrons. The topological polar surface area (TPSA) is 0 Å². The predicted molar refractivity (Wildman–Crippen MR) is 34.3 cm³/mol. The van der Waals surface area contributed by atoms with Crippen molar-refractivity contribution in [3.05, 3.63) is 0 Å². The molecule has 0 atom stereocenters. The number of hydrogen-bond acceptors (Lipinski definition) is 0. The molecule has 0 aliphatic heterocycles. The fourth-order valence-corrected chi connectivity index (χ4v) is 0. The molecule has 0 N–H and O–H groups in total. The van der Waals surface area contributed by atoms with Gasteiger partial charge in [-0.15, -0.1) is 0 Å². The van der Waals surface area contributed by atoms with Crippen LogP contribution in [0.3, 0.4) is 0 Å². The molecule has 0 rings (SSSR count). The zero-order valence-electron chi connectivity index (χ0n) is 7.58. The first-order valence-corrected chi connectivity index (χ1v) is 1.91. The fourth-order valence-electron chi connectivity index (χ4n) is 0. The summed E-state index contributed by atoms with van der Waals surface area (Å²) in [6, 6.07) is 0. The Labute approximate surface area is 108 Å². The summed E-state index contributed by atoms with van der Waals surface area (Å²) in [6.07, 6.45) is 2.64. The van der Waals surface area contributed by atoms with E-state index in [1.165, 1.54) is 12.8 Å². The molecule has 0 unspecified atom stereocenters. The molecular formula is C4H12Br2Mg2. The Morgan fingerprint density at radius 1 is 0.875 bits per heavy atom. The predicted octanol–water partition coefficient (Wildman–Crippen LogP) is -4.72. The molecule has 0 nitrogen and oxygen atoms in total. The fraction of sp³-hybridized carbons (Fsp3) is 1.00. The molecule has 0 aromatic carbocycles. The van der Waals surface area contributed by atoms with Crippen LogP contribution in [-0.2, 0) is 0 Å². The van der Waals surface area contributed by atoms with Gasteiger partial charge < -0.3 is 36.8 Å². The average molecular weight is 269 g/mol. The summed E-state index contributed by atoms with van der Waals surface area (Å²) in [5.74, 6) is 0. The number of rotatable bonds is 1. The Bertz CT molecular complexity index is 21.2. The van der Waals surface area contributed by atoms with Gasteiger partial charge >= 0.3 is 46.1 Å². The van der Waals surface area contributed by atoms with Gasteiger partial charge in [-0.25, -0.2) is 0 Å². The van der Waals surface area contributed by atoms with Gasteiger partial charge in [0.2, 0.25) is 0 Å². The molecule has 0 amide bonds. The van der Waals surface area contributed by atoms with E-state index in [-0.39, 0.29) is 82.9 Å². The first kappa shape index (κ1) is 31.3. The van der Waals surface area contributed by atoms with Crippen LogP contribution in [0.1, 0.15) is 29.5 Å². The van der Waals surface area contributed by atoms with Crippen molar-refractivity contribution in [2.75, 3.05) is 0 Å². The second kappa shape index (κ2) is 33.9. The van der Waals surface area contributed by atoms with Crippen molar-refractivity contribution in [1.29, 1.82) is 0 Å². The van der Waals surface area contributed by atoms with Gasteiger partial charge in [-0.2, -0.15) is 0 Å². The van der Waals surface area contributed by atoms with Crippen molar-refractivity contribution in [3.8, 4) is 0 Å². The molecule has 46 valence electrons. The first-order valence-electron chi connectivity index (χ1n) is 1.91. The molecule has 0 saturated carbocycles. The molecule has 0 aromatic heterocycles. The summed E-state index contributed by atoms with van der Waals surface area (Å²) >= 11 is 0. The molecule has 0 saturated heterocycles. The second-order valence-electron chi connectivity index (χ2n) is 1.000. The molecule has 8 heavy (non-hydrogen) atoms. The first-order chi connectivity index (χ1) is 1.91. The van der Waals surface area contributed by atoms with E-state index in [1.54, 1.807) is 0 Å². The molecule has 0 spiro atoms. The number of halogens is 2. The maximum atomic E-state index is 2.18. The van der Waals surface area contributed by atoms with Crippen molar-refractivity contribution in [2.24, 2.45) is 0 Å². The minimum absolute atomic E-state index is 0. The Balaban J connectivity index is -0.00000000300. The standard InChI is InChI=1S/C4H10.2BrH.2Mg.2H/c1-3-4-2;;;;;;/h3-4H2,1-2H3;2*1H;;;;/q;;;2*+2;2*-1/p-2. The van der Waals surface area contributed by atoms with E-state index in [2.05, 4.69) is 13.8 Å². The Morgan fingerprint density at radius 3 is 1.00 bits per heavy atom. The van der Waals surface area contributed by atoms with Crippen molar-refractivity contribution >= 4 is 46.1 Å².